The standard InChI is InChI=1S/C19H21FN4O/c20-15-4-1-5-16(11-15)22-19-21-9-8-17(23-19)14-3-2-10-24(12-14)18(25)13-6-7-13/h1,4-5,8-9,11,13-14H,2-3,6-7,10,12H2,(H,21,22,23)/t14-/m1/s1. The van der Waals surface area contributed by atoms with Crippen LogP contribution in [-0.2, 0) is 4.79 Å². The average Bonchev–Trinajstić information content (AvgIpc) is 3.47. The van der Waals surface area contributed by atoms with Crippen LogP contribution in [0.4, 0.5) is 16.0 Å². The number of amides is 1. The van der Waals surface area contributed by atoms with Gasteiger partial charge in [-0.2, -0.15) is 0 Å². The molecule has 5 nitrogen and oxygen atoms in total. The molecule has 2 heterocycles. The van der Waals surface area contributed by atoms with Gasteiger partial charge in [-0.25, -0.2) is 14.4 Å². The first-order valence-electron chi connectivity index (χ1n) is 8.83. The molecule has 25 heavy (non-hydrogen) atoms. The molecular weight excluding hydrogens is 319 g/mol. The van der Waals surface area contributed by atoms with E-state index in [4.69, 9.17) is 0 Å². The van der Waals surface area contributed by atoms with Crippen molar-refractivity contribution in [3.8, 4) is 0 Å². The number of carbonyl (C=O) groups excluding carboxylic acids is 1. The Morgan fingerprint density at radius 3 is 2.92 bits per heavy atom. The summed E-state index contributed by atoms with van der Waals surface area (Å²) in [7, 11) is 0. The van der Waals surface area contributed by atoms with Crippen molar-refractivity contribution in [2.24, 2.45) is 5.92 Å². The van der Waals surface area contributed by atoms with E-state index in [0.717, 1.165) is 44.5 Å². The lowest BCUT2D eigenvalue weighted by molar-refractivity contribution is -0.133. The first kappa shape index (κ1) is 16.0. The Bertz CT molecular complexity index is 778. The largest absolute Gasteiger partial charge is 0.342 e. The fourth-order valence-electron chi connectivity index (χ4n) is 3.36. The Balaban J connectivity index is 1.47. The summed E-state index contributed by atoms with van der Waals surface area (Å²) < 4.78 is 13.3. The van der Waals surface area contributed by atoms with Gasteiger partial charge in [0.15, 0.2) is 0 Å². The van der Waals surface area contributed by atoms with Gasteiger partial charge in [0.2, 0.25) is 11.9 Å². The van der Waals surface area contributed by atoms with E-state index in [2.05, 4.69) is 15.3 Å². The van der Waals surface area contributed by atoms with Gasteiger partial charge in [0.25, 0.3) is 0 Å². The molecule has 1 atom stereocenters. The summed E-state index contributed by atoms with van der Waals surface area (Å²) in [6.45, 7) is 1.58. The van der Waals surface area contributed by atoms with Crippen LogP contribution in [0.1, 0.15) is 37.3 Å². The van der Waals surface area contributed by atoms with E-state index in [1.54, 1.807) is 18.3 Å². The van der Waals surface area contributed by atoms with Gasteiger partial charge in [-0.3, -0.25) is 4.79 Å². The maximum atomic E-state index is 13.3. The van der Waals surface area contributed by atoms with E-state index in [-0.39, 0.29) is 17.7 Å². The molecule has 1 saturated heterocycles. The predicted molar refractivity (Wildman–Crippen MR) is 93.0 cm³/mol. The molecule has 1 aliphatic heterocycles. The molecule has 1 aromatic heterocycles. The van der Waals surface area contributed by atoms with Crippen LogP contribution in [-0.4, -0.2) is 33.9 Å². The second kappa shape index (κ2) is 6.78. The third-order valence-electron chi connectivity index (χ3n) is 4.84. The minimum atomic E-state index is -0.303. The molecule has 0 unspecified atom stereocenters. The van der Waals surface area contributed by atoms with Crippen molar-refractivity contribution in [3.05, 3.63) is 48.0 Å². The van der Waals surface area contributed by atoms with Gasteiger partial charge in [0.1, 0.15) is 5.82 Å². The Morgan fingerprint density at radius 1 is 1.24 bits per heavy atom. The van der Waals surface area contributed by atoms with Gasteiger partial charge in [-0.05, 0) is 49.9 Å². The molecule has 0 spiro atoms. The number of anilines is 2. The van der Waals surface area contributed by atoms with Crippen LogP contribution in [0.5, 0.6) is 0 Å². The normalized spacial score (nSPS) is 20.4. The number of hydrogen-bond acceptors (Lipinski definition) is 4. The molecule has 4 rings (SSSR count). The summed E-state index contributed by atoms with van der Waals surface area (Å²) in [4.78, 5) is 23.1. The molecule has 2 fully saturated rings. The molecule has 2 aliphatic rings. The third kappa shape index (κ3) is 3.78. The molecule has 130 valence electrons. The third-order valence-corrected chi connectivity index (χ3v) is 4.84. The van der Waals surface area contributed by atoms with Crippen molar-refractivity contribution in [3.63, 3.8) is 0 Å². The van der Waals surface area contributed by atoms with Gasteiger partial charge < -0.3 is 10.2 Å². The van der Waals surface area contributed by atoms with Crippen molar-refractivity contribution in [1.29, 1.82) is 0 Å². The average molecular weight is 340 g/mol. The monoisotopic (exact) mass is 340 g/mol. The van der Waals surface area contributed by atoms with Crippen molar-refractivity contribution in [1.82, 2.24) is 14.9 Å². The highest BCUT2D eigenvalue weighted by molar-refractivity contribution is 5.81. The van der Waals surface area contributed by atoms with E-state index < -0.39 is 0 Å². The number of nitrogens with one attached hydrogen (secondary N) is 1. The first-order chi connectivity index (χ1) is 12.2. The van der Waals surface area contributed by atoms with E-state index in [9.17, 15) is 9.18 Å². The molecule has 1 aliphatic carbocycles. The zero-order valence-corrected chi connectivity index (χ0v) is 14.0. The Kier molecular flexibility index (Phi) is 4.34. The highest BCUT2D eigenvalue weighted by atomic mass is 19.1. The number of nitrogens with zero attached hydrogens (tertiary/aromatic N) is 3. The van der Waals surface area contributed by atoms with Crippen molar-refractivity contribution in [2.45, 2.75) is 31.6 Å². The highest BCUT2D eigenvalue weighted by Gasteiger charge is 2.35. The van der Waals surface area contributed by atoms with Crippen LogP contribution < -0.4 is 5.32 Å². The fraction of sp³-hybridized carbons (Fsp3) is 0.421. The number of halogens is 1. The van der Waals surface area contributed by atoms with Crippen LogP contribution >= 0.6 is 0 Å². The quantitative estimate of drug-likeness (QED) is 0.926. The van der Waals surface area contributed by atoms with E-state index >= 15 is 0 Å². The molecular formula is C19H21FN4O. The minimum Gasteiger partial charge on any atom is -0.342 e. The first-order valence-corrected chi connectivity index (χ1v) is 8.83. The Morgan fingerprint density at radius 2 is 2.12 bits per heavy atom. The summed E-state index contributed by atoms with van der Waals surface area (Å²) in [6.07, 6.45) is 5.81. The molecule has 2 aromatic rings. The van der Waals surface area contributed by atoms with Crippen LogP contribution in [0.3, 0.4) is 0 Å². The number of hydrogen-bond donors (Lipinski definition) is 1. The van der Waals surface area contributed by atoms with Gasteiger partial charge in [-0.15, -0.1) is 0 Å². The molecule has 0 radical (unpaired) electrons. The van der Waals surface area contributed by atoms with Crippen molar-refractivity contribution < 1.29 is 9.18 Å². The summed E-state index contributed by atoms with van der Waals surface area (Å²) in [5.41, 5.74) is 1.55. The zero-order chi connectivity index (χ0) is 17.2. The molecule has 1 saturated carbocycles. The lowest BCUT2D eigenvalue weighted by Crippen LogP contribution is -2.40. The van der Waals surface area contributed by atoms with Crippen LogP contribution in [0, 0.1) is 11.7 Å². The zero-order valence-electron chi connectivity index (χ0n) is 14.0. The van der Waals surface area contributed by atoms with E-state index in [0.29, 0.717) is 17.5 Å². The second-order valence-electron chi connectivity index (χ2n) is 6.84. The SMILES string of the molecule is O=C(C1CC1)N1CCC[C@@H](c2ccnc(Nc3cccc(F)c3)n2)C1. The van der Waals surface area contributed by atoms with Crippen LogP contribution in [0.2, 0.25) is 0 Å². The lowest BCUT2D eigenvalue weighted by Gasteiger charge is -2.32. The molecule has 1 amide bonds. The molecule has 0 bridgehead atoms. The number of piperidine rings is 1. The summed E-state index contributed by atoms with van der Waals surface area (Å²) in [5.74, 6) is 0.940. The van der Waals surface area contributed by atoms with E-state index in [1.807, 2.05) is 11.0 Å². The summed E-state index contributed by atoms with van der Waals surface area (Å²) >= 11 is 0. The van der Waals surface area contributed by atoms with Gasteiger partial charge in [0.05, 0.1) is 5.69 Å². The Hall–Kier alpha value is -2.50. The van der Waals surface area contributed by atoms with Crippen molar-refractivity contribution in [2.75, 3.05) is 18.4 Å². The van der Waals surface area contributed by atoms with Crippen LogP contribution in [0.15, 0.2) is 36.5 Å². The van der Waals surface area contributed by atoms with Crippen molar-refractivity contribution >= 4 is 17.5 Å². The van der Waals surface area contributed by atoms with Gasteiger partial charge in [-0.1, -0.05) is 6.07 Å². The number of carbonyl (C=O) groups is 1. The summed E-state index contributed by atoms with van der Waals surface area (Å²) in [5, 5.41) is 3.04. The van der Waals surface area contributed by atoms with Crippen LogP contribution in [0.25, 0.3) is 0 Å². The Labute approximate surface area is 146 Å². The second-order valence-corrected chi connectivity index (χ2v) is 6.84. The number of benzene rings is 1. The minimum absolute atomic E-state index is 0.229. The maximum absolute atomic E-state index is 13.3. The highest BCUT2D eigenvalue weighted by Crippen LogP contribution is 2.34. The topological polar surface area (TPSA) is 58.1 Å². The molecule has 1 N–H and O–H groups in total. The summed E-state index contributed by atoms with van der Waals surface area (Å²) in [6, 6.07) is 8.13. The smallest absolute Gasteiger partial charge is 0.227 e. The fourth-order valence-corrected chi connectivity index (χ4v) is 3.36. The number of aromatic nitrogens is 2. The predicted octanol–water partition coefficient (Wildman–Crippen LogP) is 3.48. The molecule has 1 aromatic carbocycles. The number of rotatable bonds is 4. The van der Waals surface area contributed by atoms with E-state index in [1.165, 1.54) is 12.1 Å². The maximum Gasteiger partial charge on any atom is 0.227 e. The molecule has 6 heteroatoms. The number of likely N-dealkylation sites (tertiary alicyclic amines) is 1. The lowest BCUT2D eigenvalue weighted by atomic mass is 9.94. The van der Waals surface area contributed by atoms with Gasteiger partial charge >= 0.3 is 0 Å². The van der Waals surface area contributed by atoms with Gasteiger partial charge in [0, 0.05) is 36.8 Å².